The van der Waals surface area contributed by atoms with E-state index in [0.29, 0.717) is 36.2 Å². The monoisotopic (exact) mass is 393 g/mol. The number of anilines is 1. The number of methoxy groups -OCH3 is 2. The van der Waals surface area contributed by atoms with Gasteiger partial charge in [0.1, 0.15) is 0 Å². The molecular weight excluding hydrogens is 370 g/mol. The van der Waals surface area contributed by atoms with Crippen molar-refractivity contribution >= 4 is 11.6 Å². The van der Waals surface area contributed by atoms with Gasteiger partial charge in [0.25, 0.3) is 0 Å². The number of hydrogen-bond donors (Lipinski definition) is 0. The molecule has 0 bridgehead atoms. The summed E-state index contributed by atoms with van der Waals surface area (Å²) in [5, 5.41) is 4.10. The largest absolute Gasteiger partial charge is 0.493 e. The number of rotatable bonds is 5. The molecule has 1 aliphatic heterocycles. The van der Waals surface area contributed by atoms with Crippen molar-refractivity contribution in [1.29, 1.82) is 0 Å². The van der Waals surface area contributed by atoms with Crippen LogP contribution in [0.2, 0.25) is 0 Å². The second-order valence-electron chi connectivity index (χ2n) is 7.22. The number of nitrogens with zero attached hydrogens (tertiary/aromatic N) is 3. The average Bonchev–Trinajstić information content (AvgIpc) is 3.36. The number of carbonyl (C=O) groups excluding carboxylic acids is 1. The number of ether oxygens (including phenoxy) is 2. The summed E-state index contributed by atoms with van der Waals surface area (Å²) in [5.41, 5.74) is 3.89. The molecule has 1 fully saturated rings. The minimum atomic E-state index is -0.135. The van der Waals surface area contributed by atoms with Crippen molar-refractivity contribution in [3.8, 4) is 22.9 Å². The van der Waals surface area contributed by atoms with E-state index >= 15 is 0 Å². The molecule has 2 aromatic carbocycles. The van der Waals surface area contributed by atoms with Crippen molar-refractivity contribution in [1.82, 2.24) is 10.1 Å². The molecule has 1 atom stereocenters. The van der Waals surface area contributed by atoms with Crippen molar-refractivity contribution in [2.75, 3.05) is 25.7 Å². The van der Waals surface area contributed by atoms with Gasteiger partial charge in [-0.15, -0.1) is 0 Å². The summed E-state index contributed by atoms with van der Waals surface area (Å²) in [5.74, 6) is 2.08. The van der Waals surface area contributed by atoms with Crippen LogP contribution < -0.4 is 14.4 Å². The second kappa shape index (κ2) is 7.58. The topological polar surface area (TPSA) is 77.7 Å². The third kappa shape index (κ3) is 3.55. The Bertz CT molecular complexity index is 1060. The molecular formula is C22H23N3O4. The van der Waals surface area contributed by atoms with Gasteiger partial charge >= 0.3 is 0 Å². The van der Waals surface area contributed by atoms with Crippen LogP contribution in [0.1, 0.15) is 29.4 Å². The molecule has 2 heterocycles. The highest BCUT2D eigenvalue weighted by molar-refractivity contribution is 5.97. The van der Waals surface area contributed by atoms with Gasteiger partial charge in [0.05, 0.1) is 20.1 Å². The molecule has 0 saturated carbocycles. The Morgan fingerprint density at radius 3 is 2.62 bits per heavy atom. The minimum absolute atomic E-state index is 0.0644. The molecule has 29 heavy (non-hydrogen) atoms. The van der Waals surface area contributed by atoms with Gasteiger partial charge in [0.2, 0.25) is 17.6 Å². The van der Waals surface area contributed by atoms with Gasteiger partial charge in [-0.3, -0.25) is 4.79 Å². The van der Waals surface area contributed by atoms with E-state index in [4.69, 9.17) is 14.0 Å². The molecule has 0 radical (unpaired) electrons. The third-order valence-electron chi connectivity index (χ3n) is 5.21. The molecule has 0 spiro atoms. The summed E-state index contributed by atoms with van der Waals surface area (Å²) in [6.45, 7) is 4.56. The van der Waals surface area contributed by atoms with E-state index in [1.165, 1.54) is 0 Å². The standard InChI is InChI=1S/C22H23N3O4/c1-13-5-6-14(2)17(9-13)25-12-16(11-20(25)26)22-23-21(24-29-22)15-7-8-18(27-3)19(10-15)28-4/h5-10,16H,11-12H2,1-4H3. The number of carbonyl (C=O) groups is 1. The molecule has 0 N–H and O–H groups in total. The first-order valence-electron chi connectivity index (χ1n) is 9.43. The average molecular weight is 393 g/mol. The van der Waals surface area contributed by atoms with Crippen LogP contribution in [0.5, 0.6) is 11.5 Å². The number of benzene rings is 2. The molecule has 7 heteroatoms. The number of hydrogen-bond acceptors (Lipinski definition) is 6. The van der Waals surface area contributed by atoms with Crippen LogP contribution in [0.15, 0.2) is 40.9 Å². The van der Waals surface area contributed by atoms with Crippen molar-refractivity contribution in [3.63, 3.8) is 0 Å². The maximum atomic E-state index is 12.7. The lowest BCUT2D eigenvalue weighted by atomic mass is 10.1. The van der Waals surface area contributed by atoms with E-state index in [0.717, 1.165) is 22.4 Å². The quantitative estimate of drug-likeness (QED) is 0.654. The summed E-state index contributed by atoms with van der Waals surface area (Å²) < 4.78 is 16.1. The first kappa shape index (κ1) is 19.0. The summed E-state index contributed by atoms with van der Waals surface area (Å²) >= 11 is 0. The zero-order chi connectivity index (χ0) is 20.5. The SMILES string of the molecule is COc1ccc(-c2noc(C3CC(=O)N(c4cc(C)ccc4C)C3)n2)cc1OC. The summed E-state index contributed by atoms with van der Waals surface area (Å²) in [6.07, 6.45) is 0.348. The molecule has 1 aromatic heterocycles. The predicted molar refractivity (Wildman–Crippen MR) is 108 cm³/mol. The Balaban J connectivity index is 1.58. The molecule has 7 nitrogen and oxygen atoms in total. The van der Waals surface area contributed by atoms with E-state index in [1.54, 1.807) is 26.4 Å². The fourth-order valence-electron chi connectivity index (χ4n) is 3.61. The van der Waals surface area contributed by atoms with E-state index in [-0.39, 0.29) is 11.8 Å². The lowest BCUT2D eigenvalue weighted by molar-refractivity contribution is -0.117. The van der Waals surface area contributed by atoms with Crippen LogP contribution in [-0.2, 0) is 4.79 Å². The van der Waals surface area contributed by atoms with Crippen LogP contribution in [0, 0.1) is 13.8 Å². The molecule has 4 rings (SSSR count). The van der Waals surface area contributed by atoms with Gasteiger partial charge < -0.3 is 18.9 Å². The molecule has 0 aliphatic carbocycles. The van der Waals surface area contributed by atoms with Crippen molar-refractivity contribution in [3.05, 3.63) is 53.4 Å². The van der Waals surface area contributed by atoms with Crippen LogP contribution in [-0.4, -0.2) is 36.8 Å². The van der Waals surface area contributed by atoms with E-state index in [9.17, 15) is 4.79 Å². The van der Waals surface area contributed by atoms with Gasteiger partial charge in [-0.1, -0.05) is 17.3 Å². The zero-order valence-electron chi connectivity index (χ0n) is 16.9. The van der Waals surface area contributed by atoms with Crippen LogP contribution in [0.3, 0.4) is 0 Å². The number of aromatic nitrogens is 2. The van der Waals surface area contributed by atoms with Gasteiger partial charge in [0, 0.05) is 24.2 Å². The zero-order valence-corrected chi connectivity index (χ0v) is 16.9. The first-order chi connectivity index (χ1) is 14.0. The second-order valence-corrected chi connectivity index (χ2v) is 7.22. The van der Waals surface area contributed by atoms with Gasteiger partial charge in [-0.25, -0.2) is 0 Å². The summed E-state index contributed by atoms with van der Waals surface area (Å²) in [4.78, 5) is 19.0. The maximum Gasteiger partial charge on any atom is 0.232 e. The Morgan fingerprint density at radius 2 is 1.86 bits per heavy atom. The lowest BCUT2D eigenvalue weighted by Crippen LogP contribution is -2.25. The normalized spacial score (nSPS) is 16.3. The molecule has 1 aliphatic rings. The highest BCUT2D eigenvalue weighted by Gasteiger charge is 2.35. The predicted octanol–water partition coefficient (Wildman–Crippen LogP) is 3.89. The van der Waals surface area contributed by atoms with Gasteiger partial charge in [0.15, 0.2) is 11.5 Å². The summed E-state index contributed by atoms with van der Waals surface area (Å²) in [7, 11) is 3.16. The molecule has 1 saturated heterocycles. The van der Waals surface area contributed by atoms with Gasteiger partial charge in [-0.2, -0.15) is 4.98 Å². The molecule has 3 aromatic rings. The minimum Gasteiger partial charge on any atom is -0.493 e. The van der Waals surface area contributed by atoms with E-state index in [2.05, 4.69) is 10.1 Å². The summed E-state index contributed by atoms with van der Waals surface area (Å²) in [6, 6.07) is 11.6. The Kier molecular flexibility index (Phi) is 4.96. The van der Waals surface area contributed by atoms with Crippen LogP contribution in [0.4, 0.5) is 5.69 Å². The van der Waals surface area contributed by atoms with E-state index in [1.807, 2.05) is 43.0 Å². The first-order valence-corrected chi connectivity index (χ1v) is 9.43. The Hall–Kier alpha value is -3.35. The fourth-order valence-corrected chi connectivity index (χ4v) is 3.61. The lowest BCUT2D eigenvalue weighted by Gasteiger charge is -2.19. The molecule has 1 unspecified atom stereocenters. The van der Waals surface area contributed by atoms with Crippen molar-refractivity contribution in [2.24, 2.45) is 0 Å². The van der Waals surface area contributed by atoms with E-state index < -0.39 is 0 Å². The molecule has 1 amide bonds. The fraction of sp³-hybridized carbons (Fsp3) is 0.318. The van der Waals surface area contributed by atoms with Crippen LogP contribution >= 0.6 is 0 Å². The number of amides is 1. The number of aryl methyl sites for hydroxylation is 2. The van der Waals surface area contributed by atoms with Crippen molar-refractivity contribution in [2.45, 2.75) is 26.2 Å². The molecule has 150 valence electrons. The smallest absolute Gasteiger partial charge is 0.232 e. The highest BCUT2D eigenvalue weighted by atomic mass is 16.5. The highest BCUT2D eigenvalue weighted by Crippen LogP contribution is 2.35. The maximum absolute atomic E-state index is 12.7. The third-order valence-corrected chi connectivity index (χ3v) is 5.21. The van der Waals surface area contributed by atoms with Gasteiger partial charge in [-0.05, 0) is 49.2 Å². The van der Waals surface area contributed by atoms with Crippen LogP contribution in [0.25, 0.3) is 11.4 Å². The van der Waals surface area contributed by atoms with Crippen molar-refractivity contribution < 1.29 is 18.8 Å². The Labute approximate surface area is 169 Å². The Morgan fingerprint density at radius 1 is 1.07 bits per heavy atom.